The smallest absolute Gasteiger partial charge is 0.191 e. The van der Waals surface area contributed by atoms with Crippen LogP contribution >= 0.6 is 11.8 Å². The van der Waals surface area contributed by atoms with Gasteiger partial charge in [0.25, 0.3) is 0 Å². The summed E-state index contributed by atoms with van der Waals surface area (Å²) in [6.45, 7) is 6.96. The van der Waals surface area contributed by atoms with E-state index in [4.69, 9.17) is 0 Å². The molecule has 0 fully saturated rings. The Kier molecular flexibility index (Phi) is 4.95. The van der Waals surface area contributed by atoms with E-state index in [1.165, 1.54) is 11.8 Å². The number of carbonyl (C=O) groups is 1. The molecule has 0 N–H and O–H groups in total. The van der Waals surface area contributed by atoms with E-state index < -0.39 is 0 Å². The molecule has 0 aliphatic carbocycles. The van der Waals surface area contributed by atoms with E-state index >= 15 is 0 Å². The van der Waals surface area contributed by atoms with Gasteiger partial charge in [0.15, 0.2) is 10.9 Å². The Hall–Kier alpha value is -1.62. The maximum absolute atomic E-state index is 12.1. The van der Waals surface area contributed by atoms with Crippen LogP contribution in [0.3, 0.4) is 0 Å². The zero-order chi connectivity index (χ0) is 14.5. The molecule has 0 atom stereocenters. The molecule has 1 heterocycles. The number of carbonyl (C=O) groups excluding carboxylic acids is 1. The fraction of sp³-hybridized carbons (Fsp3) is 0.400. The Labute approximate surface area is 123 Å². The molecule has 0 saturated carbocycles. The summed E-state index contributed by atoms with van der Waals surface area (Å²) in [5.41, 5.74) is 1.91. The number of hydrogen-bond acceptors (Lipinski definition) is 4. The summed E-state index contributed by atoms with van der Waals surface area (Å²) in [7, 11) is 0. The van der Waals surface area contributed by atoms with Crippen LogP contribution in [0.1, 0.15) is 35.6 Å². The monoisotopic (exact) mass is 289 g/mol. The van der Waals surface area contributed by atoms with Gasteiger partial charge in [-0.05, 0) is 13.8 Å². The van der Waals surface area contributed by atoms with E-state index in [9.17, 15) is 4.79 Å². The van der Waals surface area contributed by atoms with Gasteiger partial charge in [-0.25, -0.2) is 0 Å². The number of hydrogen-bond donors (Lipinski definition) is 0. The van der Waals surface area contributed by atoms with Gasteiger partial charge in [-0.3, -0.25) is 4.79 Å². The number of rotatable bonds is 6. The normalized spacial score (nSPS) is 10.8. The summed E-state index contributed by atoms with van der Waals surface area (Å²) in [6, 6.07) is 7.67. The first-order valence-corrected chi connectivity index (χ1v) is 7.79. The first-order valence-electron chi connectivity index (χ1n) is 6.80. The molecule has 0 spiro atoms. The van der Waals surface area contributed by atoms with Crippen LogP contribution < -0.4 is 0 Å². The fourth-order valence-electron chi connectivity index (χ4n) is 1.96. The second kappa shape index (κ2) is 6.70. The van der Waals surface area contributed by atoms with Crippen molar-refractivity contribution < 1.29 is 4.79 Å². The minimum Gasteiger partial charge on any atom is -0.306 e. The fourth-order valence-corrected chi connectivity index (χ4v) is 2.87. The quantitative estimate of drug-likeness (QED) is 0.605. The van der Waals surface area contributed by atoms with Crippen molar-refractivity contribution in [3.05, 3.63) is 41.2 Å². The average Bonchev–Trinajstić information content (AvgIpc) is 2.87. The number of thioether (sulfide) groups is 1. The van der Waals surface area contributed by atoms with E-state index in [0.29, 0.717) is 5.75 Å². The Morgan fingerprint density at radius 2 is 1.90 bits per heavy atom. The molecule has 4 nitrogen and oxygen atoms in total. The minimum atomic E-state index is 0.124. The first kappa shape index (κ1) is 14.8. The van der Waals surface area contributed by atoms with Crippen LogP contribution in [0.5, 0.6) is 0 Å². The third-order valence-electron chi connectivity index (χ3n) is 3.13. The van der Waals surface area contributed by atoms with Gasteiger partial charge < -0.3 is 4.57 Å². The SMILES string of the molecule is CCc1nnc(SCC(=O)c2ccc(C)cc2)n1CC. The lowest BCUT2D eigenvalue weighted by Gasteiger charge is -2.05. The van der Waals surface area contributed by atoms with Crippen LogP contribution in [0, 0.1) is 6.92 Å². The molecule has 2 aromatic rings. The topological polar surface area (TPSA) is 47.8 Å². The van der Waals surface area contributed by atoms with Gasteiger partial charge >= 0.3 is 0 Å². The molecule has 0 unspecified atom stereocenters. The summed E-state index contributed by atoms with van der Waals surface area (Å²) < 4.78 is 2.06. The Morgan fingerprint density at radius 3 is 2.50 bits per heavy atom. The van der Waals surface area contributed by atoms with Gasteiger partial charge in [0.05, 0.1) is 5.75 Å². The Balaban J connectivity index is 2.03. The minimum absolute atomic E-state index is 0.124. The molecule has 106 valence electrons. The van der Waals surface area contributed by atoms with Crippen LogP contribution in [0.2, 0.25) is 0 Å². The molecule has 0 saturated heterocycles. The molecule has 5 heteroatoms. The van der Waals surface area contributed by atoms with Gasteiger partial charge in [0.2, 0.25) is 0 Å². The van der Waals surface area contributed by atoms with Crippen molar-refractivity contribution in [3.63, 3.8) is 0 Å². The van der Waals surface area contributed by atoms with Crippen LogP contribution in [0.25, 0.3) is 0 Å². The van der Waals surface area contributed by atoms with Crippen LogP contribution in [0.4, 0.5) is 0 Å². The van der Waals surface area contributed by atoms with Crippen molar-refractivity contribution in [3.8, 4) is 0 Å². The standard InChI is InChI=1S/C15H19N3OS/c1-4-14-16-17-15(18(14)5-2)20-10-13(19)12-8-6-11(3)7-9-12/h6-9H,4-5,10H2,1-3H3. The Bertz CT molecular complexity index is 590. The highest BCUT2D eigenvalue weighted by Gasteiger charge is 2.12. The molecule has 0 aliphatic rings. The van der Waals surface area contributed by atoms with E-state index in [1.54, 1.807) is 0 Å². The highest BCUT2D eigenvalue weighted by Crippen LogP contribution is 2.19. The number of benzene rings is 1. The zero-order valence-electron chi connectivity index (χ0n) is 12.1. The first-order chi connectivity index (χ1) is 9.65. The summed E-state index contributed by atoms with van der Waals surface area (Å²) >= 11 is 1.45. The number of aromatic nitrogens is 3. The van der Waals surface area contributed by atoms with E-state index in [-0.39, 0.29) is 5.78 Å². The molecule has 0 aliphatic heterocycles. The van der Waals surface area contributed by atoms with Crippen LogP contribution in [-0.4, -0.2) is 26.3 Å². The van der Waals surface area contributed by atoms with Gasteiger partial charge in [0.1, 0.15) is 5.82 Å². The largest absolute Gasteiger partial charge is 0.306 e. The predicted molar refractivity (Wildman–Crippen MR) is 81.3 cm³/mol. The lowest BCUT2D eigenvalue weighted by Crippen LogP contribution is -2.06. The molecule has 1 aromatic heterocycles. The molecule has 20 heavy (non-hydrogen) atoms. The van der Waals surface area contributed by atoms with Crippen molar-refractivity contribution >= 4 is 17.5 Å². The summed E-state index contributed by atoms with van der Waals surface area (Å²) in [5.74, 6) is 1.49. The number of Topliss-reactive ketones (excluding diaryl/α,β-unsaturated/α-hetero) is 1. The number of nitrogens with zero attached hydrogens (tertiary/aromatic N) is 3. The van der Waals surface area contributed by atoms with E-state index in [1.807, 2.05) is 31.2 Å². The molecule has 1 aromatic carbocycles. The van der Waals surface area contributed by atoms with Crippen molar-refractivity contribution in [2.45, 2.75) is 38.9 Å². The highest BCUT2D eigenvalue weighted by molar-refractivity contribution is 7.99. The van der Waals surface area contributed by atoms with Gasteiger partial charge in [-0.15, -0.1) is 10.2 Å². The van der Waals surface area contributed by atoms with Crippen molar-refractivity contribution in [1.29, 1.82) is 0 Å². The third-order valence-corrected chi connectivity index (χ3v) is 4.10. The summed E-state index contributed by atoms with van der Waals surface area (Å²) in [5, 5.41) is 9.13. The Morgan fingerprint density at radius 1 is 1.20 bits per heavy atom. The van der Waals surface area contributed by atoms with Gasteiger partial charge in [0, 0.05) is 18.5 Å². The van der Waals surface area contributed by atoms with E-state index in [0.717, 1.165) is 35.1 Å². The molecule has 0 amide bonds. The third kappa shape index (κ3) is 3.28. The maximum Gasteiger partial charge on any atom is 0.191 e. The van der Waals surface area contributed by atoms with Crippen LogP contribution in [-0.2, 0) is 13.0 Å². The molecule has 2 rings (SSSR count). The number of ketones is 1. The highest BCUT2D eigenvalue weighted by atomic mass is 32.2. The zero-order valence-corrected chi connectivity index (χ0v) is 12.9. The number of aryl methyl sites for hydroxylation is 2. The molecular weight excluding hydrogens is 270 g/mol. The van der Waals surface area contributed by atoms with Crippen molar-refractivity contribution in [1.82, 2.24) is 14.8 Å². The van der Waals surface area contributed by atoms with E-state index in [2.05, 4.69) is 28.6 Å². The van der Waals surface area contributed by atoms with Crippen molar-refractivity contribution in [2.24, 2.45) is 0 Å². The lowest BCUT2D eigenvalue weighted by molar-refractivity contribution is 0.102. The predicted octanol–water partition coefficient (Wildman–Crippen LogP) is 3.14. The molecular formula is C15H19N3OS. The van der Waals surface area contributed by atoms with Crippen molar-refractivity contribution in [2.75, 3.05) is 5.75 Å². The van der Waals surface area contributed by atoms with Crippen LogP contribution in [0.15, 0.2) is 29.4 Å². The summed E-state index contributed by atoms with van der Waals surface area (Å²) in [4.78, 5) is 12.1. The second-order valence-electron chi connectivity index (χ2n) is 4.57. The van der Waals surface area contributed by atoms with Gasteiger partial charge in [-0.1, -0.05) is 48.5 Å². The lowest BCUT2D eigenvalue weighted by atomic mass is 10.1. The van der Waals surface area contributed by atoms with Gasteiger partial charge in [-0.2, -0.15) is 0 Å². The average molecular weight is 289 g/mol. The maximum atomic E-state index is 12.1. The molecule has 0 radical (unpaired) electrons. The summed E-state index contributed by atoms with van der Waals surface area (Å²) in [6.07, 6.45) is 0.854. The second-order valence-corrected chi connectivity index (χ2v) is 5.52. The molecule has 0 bridgehead atoms.